The van der Waals surface area contributed by atoms with E-state index in [1.807, 2.05) is 25.2 Å². The molecule has 0 aromatic heterocycles. The zero-order valence-corrected chi connectivity index (χ0v) is 13.0. The van der Waals surface area contributed by atoms with Crippen LogP contribution in [0, 0.1) is 11.8 Å². The Morgan fingerprint density at radius 1 is 1.20 bits per heavy atom. The molecule has 0 saturated heterocycles. The third kappa shape index (κ3) is 5.33. The van der Waals surface area contributed by atoms with Gasteiger partial charge in [-0.3, -0.25) is 4.79 Å². The van der Waals surface area contributed by atoms with Gasteiger partial charge in [-0.25, -0.2) is 0 Å². The van der Waals surface area contributed by atoms with Gasteiger partial charge >= 0.3 is 0 Å². The van der Waals surface area contributed by atoms with Crippen molar-refractivity contribution in [2.75, 3.05) is 13.6 Å². The van der Waals surface area contributed by atoms with E-state index in [0.29, 0.717) is 18.9 Å². The van der Waals surface area contributed by atoms with Crippen molar-refractivity contribution in [1.29, 1.82) is 0 Å². The lowest BCUT2D eigenvalue weighted by Gasteiger charge is -2.27. The maximum absolute atomic E-state index is 12.5. The number of rotatable bonds is 7. The molecule has 0 aliphatic heterocycles. The lowest BCUT2D eigenvalue weighted by molar-refractivity contribution is -0.135. The number of carbonyl (C=O) groups excluding carboxylic acids is 1. The molecule has 1 aromatic rings. The normalized spacial score (nSPS) is 14.1. The molecule has 0 saturated carbocycles. The Hall–Kier alpha value is -1.35. The zero-order valence-electron chi connectivity index (χ0n) is 13.0. The fraction of sp³-hybridized carbons (Fsp3) is 0.588. The molecule has 3 nitrogen and oxygen atoms in total. The first-order valence-corrected chi connectivity index (χ1v) is 7.38. The van der Waals surface area contributed by atoms with Crippen LogP contribution in [-0.4, -0.2) is 35.6 Å². The van der Waals surface area contributed by atoms with E-state index in [2.05, 4.69) is 26.0 Å². The topological polar surface area (TPSA) is 40.5 Å². The maximum atomic E-state index is 12.5. The second-order valence-electron chi connectivity index (χ2n) is 5.94. The Bertz CT molecular complexity index is 401. The average molecular weight is 277 g/mol. The number of carbonyl (C=O) groups is 1. The van der Waals surface area contributed by atoms with Gasteiger partial charge in [0, 0.05) is 19.5 Å². The second-order valence-corrected chi connectivity index (χ2v) is 5.94. The summed E-state index contributed by atoms with van der Waals surface area (Å²) in [5.74, 6) is 0.470. The summed E-state index contributed by atoms with van der Waals surface area (Å²) in [6.07, 6.45) is 1.03. The Morgan fingerprint density at radius 2 is 1.80 bits per heavy atom. The van der Waals surface area contributed by atoms with Crippen LogP contribution < -0.4 is 0 Å². The number of aliphatic hydroxyl groups is 1. The quantitative estimate of drug-likeness (QED) is 0.832. The van der Waals surface area contributed by atoms with Crippen LogP contribution in [0.5, 0.6) is 0 Å². The van der Waals surface area contributed by atoms with E-state index in [4.69, 9.17) is 0 Å². The van der Waals surface area contributed by atoms with Crippen LogP contribution in [0.3, 0.4) is 0 Å². The molecule has 1 amide bonds. The fourth-order valence-electron chi connectivity index (χ4n) is 2.25. The molecule has 0 aliphatic rings. The van der Waals surface area contributed by atoms with E-state index in [9.17, 15) is 9.90 Å². The third-order valence-electron chi connectivity index (χ3n) is 3.68. The van der Waals surface area contributed by atoms with E-state index >= 15 is 0 Å². The van der Waals surface area contributed by atoms with Gasteiger partial charge in [0.25, 0.3) is 0 Å². The highest BCUT2D eigenvalue weighted by molar-refractivity contribution is 5.79. The second kappa shape index (κ2) is 8.05. The Balaban J connectivity index is 2.68. The maximum Gasteiger partial charge on any atom is 0.226 e. The zero-order chi connectivity index (χ0) is 15.1. The van der Waals surface area contributed by atoms with Crippen LogP contribution in [-0.2, 0) is 11.2 Å². The van der Waals surface area contributed by atoms with Crippen molar-refractivity contribution >= 4 is 5.91 Å². The van der Waals surface area contributed by atoms with Crippen molar-refractivity contribution in [2.45, 2.75) is 39.7 Å². The number of aliphatic hydroxyl groups excluding tert-OH is 1. The van der Waals surface area contributed by atoms with E-state index in [1.165, 1.54) is 5.56 Å². The van der Waals surface area contributed by atoms with Gasteiger partial charge in [-0.15, -0.1) is 0 Å². The lowest BCUT2D eigenvalue weighted by atomic mass is 9.88. The Morgan fingerprint density at radius 3 is 2.30 bits per heavy atom. The molecular formula is C17H27NO2. The fourth-order valence-corrected chi connectivity index (χ4v) is 2.25. The van der Waals surface area contributed by atoms with Crippen molar-refractivity contribution in [3.8, 4) is 0 Å². The number of benzene rings is 1. The van der Waals surface area contributed by atoms with Gasteiger partial charge in [0.2, 0.25) is 5.91 Å². The van der Waals surface area contributed by atoms with Crippen molar-refractivity contribution in [3.05, 3.63) is 35.9 Å². The molecule has 3 heteroatoms. The molecule has 0 spiro atoms. The highest BCUT2D eigenvalue weighted by atomic mass is 16.3. The SMILES string of the molecule is CC(O)CCN(C)C(=O)C(Cc1ccccc1)C(C)C. The first kappa shape index (κ1) is 16.7. The average Bonchev–Trinajstić information content (AvgIpc) is 2.42. The van der Waals surface area contributed by atoms with Gasteiger partial charge in [0.05, 0.1) is 6.10 Å². The summed E-state index contributed by atoms with van der Waals surface area (Å²) in [6, 6.07) is 10.1. The minimum absolute atomic E-state index is 0.00333. The van der Waals surface area contributed by atoms with Gasteiger partial charge < -0.3 is 10.0 Å². The number of hydrogen-bond donors (Lipinski definition) is 1. The molecule has 1 aromatic carbocycles. The molecule has 0 aliphatic carbocycles. The molecule has 1 N–H and O–H groups in total. The predicted octanol–water partition coefficient (Wildman–Crippen LogP) is 2.73. The minimum Gasteiger partial charge on any atom is -0.393 e. The molecule has 2 atom stereocenters. The standard InChI is InChI=1S/C17H27NO2/c1-13(2)16(12-15-8-6-5-7-9-15)17(20)18(4)11-10-14(3)19/h5-9,13-14,16,19H,10-12H2,1-4H3. The van der Waals surface area contributed by atoms with Crippen LogP contribution in [0.15, 0.2) is 30.3 Å². The van der Waals surface area contributed by atoms with Gasteiger partial charge in [0.1, 0.15) is 0 Å². The van der Waals surface area contributed by atoms with Crippen LogP contribution in [0.2, 0.25) is 0 Å². The Labute approximate surface area is 122 Å². The smallest absolute Gasteiger partial charge is 0.226 e. The van der Waals surface area contributed by atoms with E-state index in [-0.39, 0.29) is 17.9 Å². The number of nitrogens with zero attached hydrogens (tertiary/aromatic N) is 1. The van der Waals surface area contributed by atoms with E-state index in [0.717, 1.165) is 6.42 Å². The molecule has 0 fully saturated rings. The molecule has 1 rings (SSSR count). The van der Waals surface area contributed by atoms with Gasteiger partial charge in [0.15, 0.2) is 0 Å². The summed E-state index contributed by atoms with van der Waals surface area (Å²) in [5.41, 5.74) is 1.20. The first-order chi connectivity index (χ1) is 9.41. The monoisotopic (exact) mass is 277 g/mol. The highest BCUT2D eigenvalue weighted by Crippen LogP contribution is 2.19. The van der Waals surface area contributed by atoms with Crippen molar-refractivity contribution in [2.24, 2.45) is 11.8 Å². The van der Waals surface area contributed by atoms with E-state index in [1.54, 1.807) is 11.8 Å². The summed E-state index contributed by atoms with van der Waals surface area (Å²) >= 11 is 0. The van der Waals surface area contributed by atoms with Crippen LogP contribution in [0.1, 0.15) is 32.8 Å². The van der Waals surface area contributed by atoms with Gasteiger partial charge in [-0.1, -0.05) is 44.2 Å². The summed E-state index contributed by atoms with van der Waals surface area (Å²) in [5, 5.41) is 9.33. The van der Waals surface area contributed by atoms with Crippen molar-refractivity contribution < 1.29 is 9.90 Å². The number of amides is 1. The molecule has 0 radical (unpaired) electrons. The molecule has 0 bridgehead atoms. The van der Waals surface area contributed by atoms with E-state index < -0.39 is 0 Å². The largest absolute Gasteiger partial charge is 0.393 e. The third-order valence-corrected chi connectivity index (χ3v) is 3.68. The number of hydrogen-bond acceptors (Lipinski definition) is 2. The minimum atomic E-state index is -0.364. The molecule has 20 heavy (non-hydrogen) atoms. The van der Waals surface area contributed by atoms with Crippen molar-refractivity contribution in [3.63, 3.8) is 0 Å². The molecular weight excluding hydrogens is 250 g/mol. The Kier molecular flexibility index (Phi) is 6.73. The summed E-state index contributed by atoms with van der Waals surface area (Å²) in [7, 11) is 1.82. The van der Waals surface area contributed by atoms with Crippen LogP contribution >= 0.6 is 0 Å². The molecule has 2 unspecified atom stereocenters. The van der Waals surface area contributed by atoms with Crippen LogP contribution in [0.25, 0.3) is 0 Å². The highest BCUT2D eigenvalue weighted by Gasteiger charge is 2.25. The summed E-state index contributed by atoms with van der Waals surface area (Å²) in [6.45, 7) is 6.54. The van der Waals surface area contributed by atoms with Gasteiger partial charge in [-0.05, 0) is 31.2 Å². The summed E-state index contributed by atoms with van der Waals surface area (Å²) < 4.78 is 0. The predicted molar refractivity (Wildman–Crippen MR) is 82.4 cm³/mol. The van der Waals surface area contributed by atoms with Crippen LogP contribution in [0.4, 0.5) is 0 Å². The van der Waals surface area contributed by atoms with Gasteiger partial charge in [-0.2, -0.15) is 0 Å². The first-order valence-electron chi connectivity index (χ1n) is 7.38. The lowest BCUT2D eigenvalue weighted by Crippen LogP contribution is -2.37. The molecule has 112 valence electrons. The summed E-state index contributed by atoms with van der Waals surface area (Å²) in [4.78, 5) is 14.3. The van der Waals surface area contributed by atoms with Crippen molar-refractivity contribution in [1.82, 2.24) is 4.90 Å². The molecule has 0 heterocycles.